The lowest BCUT2D eigenvalue weighted by Crippen LogP contribution is -2.53. The minimum Gasteiger partial charge on any atom is -0.467 e. The van der Waals surface area contributed by atoms with E-state index in [0.29, 0.717) is 11.4 Å². The molecule has 0 unspecified atom stereocenters. The summed E-state index contributed by atoms with van der Waals surface area (Å²) in [6.45, 7) is 2.01. The molecular formula is C27H25NO4. The topological polar surface area (TPSA) is 55.8 Å². The van der Waals surface area contributed by atoms with Crippen molar-refractivity contribution in [2.75, 3.05) is 19.1 Å². The molecule has 3 aromatic carbocycles. The number of carbonyl (C=O) groups excluding carboxylic acids is 2. The summed E-state index contributed by atoms with van der Waals surface area (Å²) in [4.78, 5) is 28.5. The number of para-hydroxylation sites is 1. The summed E-state index contributed by atoms with van der Waals surface area (Å²) in [6, 6.07) is 26.8. The van der Waals surface area contributed by atoms with Gasteiger partial charge in [-0.3, -0.25) is 0 Å². The number of benzene rings is 3. The third-order valence-electron chi connectivity index (χ3n) is 5.92. The second-order valence-electron chi connectivity index (χ2n) is 7.73. The molecule has 0 N–H and O–H groups in total. The highest BCUT2D eigenvalue weighted by atomic mass is 16.5. The van der Waals surface area contributed by atoms with E-state index in [-0.39, 0.29) is 0 Å². The maximum Gasteiger partial charge on any atom is 0.354 e. The van der Waals surface area contributed by atoms with Crippen LogP contribution in [0.15, 0.2) is 96.7 Å². The number of rotatable bonds is 5. The van der Waals surface area contributed by atoms with Gasteiger partial charge in [0.05, 0.1) is 14.2 Å². The Hall–Kier alpha value is -3.86. The van der Waals surface area contributed by atoms with Crippen LogP contribution in [0.1, 0.15) is 22.6 Å². The molecule has 0 aliphatic carbocycles. The van der Waals surface area contributed by atoms with Crippen LogP contribution >= 0.6 is 0 Å². The molecule has 0 aromatic heterocycles. The van der Waals surface area contributed by atoms with Gasteiger partial charge in [0.25, 0.3) is 0 Å². The average Bonchev–Trinajstić information content (AvgIpc) is 3.21. The zero-order valence-corrected chi connectivity index (χ0v) is 18.3. The van der Waals surface area contributed by atoms with Crippen LogP contribution in [0.25, 0.3) is 0 Å². The van der Waals surface area contributed by atoms with Crippen molar-refractivity contribution < 1.29 is 19.1 Å². The second-order valence-corrected chi connectivity index (χ2v) is 7.73. The maximum atomic E-state index is 13.8. The van der Waals surface area contributed by atoms with E-state index in [1.807, 2.05) is 97.9 Å². The first-order valence-electron chi connectivity index (χ1n) is 10.4. The van der Waals surface area contributed by atoms with E-state index >= 15 is 0 Å². The number of methoxy groups -OCH3 is 2. The van der Waals surface area contributed by atoms with Crippen LogP contribution in [0.5, 0.6) is 0 Å². The van der Waals surface area contributed by atoms with Crippen LogP contribution in [0.3, 0.4) is 0 Å². The lowest BCUT2D eigenvalue weighted by molar-refractivity contribution is -0.147. The number of aryl methyl sites for hydroxylation is 1. The number of esters is 2. The molecule has 32 heavy (non-hydrogen) atoms. The second kappa shape index (κ2) is 8.71. The fourth-order valence-electron chi connectivity index (χ4n) is 4.47. The molecular weight excluding hydrogens is 402 g/mol. The molecule has 0 saturated carbocycles. The highest BCUT2D eigenvalue weighted by Crippen LogP contribution is 2.53. The van der Waals surface area contributed by atoms with Crippen molar-refractivity contribution in [3.05, 3.63) is 113 Å². The minimum absolute atomic E-state index is 0.290. The van der Waals surface area contributed by atoms with Crippen LogP contribution in [-0.2, 0) is 24.6 Å². The van der Waals surface area contributed by atoms with E-state index in [1.165, 1.54) is 14.2 Å². The zero-order valence-electron chi connectivity index (χ0n) is 18.3. The van der Waals surface area contributed by atoms with E-state index in [2.05, 4.69) is 0 Å². The molecule has 0 spiro atoms. The number of hydrogen-bond donors (Lipinski definition) is 0. The first-order chi connectivity index (χ1) is 15.5. The summed E-state index contributed by atoms with van der Waals surface area (Å²) in [5.74, 6) is -1.48. The maximum absolute atomic E-state index is 13.8. The highest BCUT2D eigenvalue weighted by molar-refractivity contribution is 6.01. The molecule has 5 nitrogen and oxygen atoms in total. The van der Waals surface area contributed by atoms with E-state index in [0.717, 1.165) is 16.7 Å². The van der Waals surface area contributed by atoms with E-state index in [9.17, 15) is 9.59 Å². The van der Waals surface area contributed by atoms with Crippen molar-refractivity contribution in [1.82, 2.24) is 0 Å². The van der Waals surface area contributed by atoms with Gasteiger partial charge in [-0.15, -0.1) is 0 Å². The summed E-state index contributed by atoms with van der Waals surface area (Å²) in [5.41, 5.74) is 2.36. The van der Waals surface area contributed by atoms with Crippen LogP contribution in [0, 0.1) is 6.92 Å². The van der Waals surface area contributed by atoms with Crippen LogP contribution in [0.2, 0.25) is 0 Å². The lowest BCUT2D eigenvalue weighted by atomic mass is 9.75. The largest absolute Gasteiger partial charge is 0.467 e. The van der Waals surface area contributed by atoms with Crippen molar-refractivity contribution >= 4 is 17.6 Å². The number of nitrogens with zero attached hydrogens (tertiary/aromatic N) is 1. The molecule has 1 aliphatic rings. The van der Waals surface area contributed by atoms with Gasteiger partial charge >= 0.3 is 11.9 Å². The van der Waals surface area contributed by atoms with Gasteiger partial charge in [-0.25, -0.2) is 9.59 Å². The standard InChI is InChI=1S/C27H25NO4/c1-19-14-16-20(17-15-19)23-18-24(25(29)31-2)28(22-12-8-5-9-13-22)27(23,26(30)32-3)21-10-6-4-7-11-21/h4-18,23H,1-3H3/t23-,27+/m1/s1. The summed E-state index contributed by atoms with van der Waals surface area (Å²) < 4.78 is 10.5. The van der Waals surface area contributed by atoms with Crippen LogP contribution in [0.4, 0.5) is 5.69 Å². The Labute approximate surface area is 187 Å². The molecule has 0 fully saturated rings. The molecule has 1 aliphatic heterocycles. The summed E-state index contributed by atoms with van der Waals surface area (Å²) >= 11 is 0. The lowest BCUT2D eigenvalue weighted by Gasteiger charge is -2.42. The minimum atomic E-state index is -1.34. The summed E-state index contributed by atoms with van der Waals surface area (Å²) in [7, 11) is 2.71. The van der Waals surface area contributed by atoms with E-state index in [4.69, 9.17) is 9.47 Å². The van der Waals surface area contributed by atoms with Gasteiger partial charge in [-0.2, -0.15) is 0 Å². The predicted octanol–water partition coefficient (Wildman–Crippen LogP) is 4.72. The normalized spacial score (nSPS) is 19.9. The molecule has 0 bridgehead atoms. The van der Waals surface area contributed by atoms with Gasteiger partial charge in [-0.05, 0) is 36.3 Å². The molecule has 162 valence electrons. The van der Waals surface area contributed by atoms with Crippen molar-refractivity contribution in [3.63, 3.8) is 0 Å². The van der Waals surface area contributed by atoms with Crippen molar-refractivity contribution in [2.45, 2.75) is 18.4 Å². The zero-order chi connectivity index (χ0) is 22.7. The SMILES string of the molecule is COC(=O)C1=C[C@H](c2ccc(C)cc2)[C@](C(=O)OC)(c2ccccc2)N1c1ccccc1. The molecule has 2 atom stereocenters. The molecule has 1 heterocycles. The van der Waals surface area contributed by atoms with E-state index in [1.54, 1.807) is 4.90 Å². The third kappa shape index (κ3) is 3.36. The van der Waals surface area contributed by atoms with Crippen molar-refractivity contribution in [3.8, 4) is 0 Å². The Morgan fingerprint density at radius 2 is 1.41 bits per heavy atom. The number of anilines is 1. The number of ether oxygens (including phenoxy) is 2. The molecule has 0 radical (unpaired) electrons. The third-order valence-corrected chi connectivity index (χ3v) is 5.92. The first kappa shape index (κ1) is 21.4. The van der Waals surface area contributed by atoms with E-state index < -0.39 is 23.4 Å². The monoisotopic (exact) mass is 427 g/mol. The number of hydrogen-bond acceptors (Lipinski definition) is 5. The van der Waals surface area contributed by atoms with Crippen LogP contribution < -0.4 is 4.90 Å². The highest BCUT2D eigenvalue weighted by Gasteiger charge is 2.59. The first-order valence-corrected chi connectivity index (χ1v) is 10.4. The summed E-state index contributed by atoms with van der Waals surface area (Å²) in [5, 5.41) is 0. The van der Waals surface area contributed by atoms with Gasteiger partial charge in [0.1, 0.15) is 5.70 Å². The molecule has 0 amide bonds. The summed E-state index contributed by atoms with van der Waals surface area (Å²) in [6.07, 6.45) is 1.81. The van der Waals surface area contributed by atoms with Gasteiger partial charge in [0.2, 0.25) is 0 Å². The van der Waals surface area contributed by atoms with Gasteiger partial charge in [0.15, 0.2) is 5.54 Å². The molecule has 0 saturated heterocycles. The molecule has 3 aromatic rings. The van der Waals surface area contributed by atoms with Gasteiger partial charge < -0.3 is 14.4 Å². The predicted molar refractivity (Wildman–Crippen MR) is 123 cm³/mol. The Morgan fingerprint density at radius 1 is 0.812 bits per heavy atom. The Balaban J connectivity index is 2.08. The smallest absolute Gasteiger partial charge is 0.354 e. The fraction of sp³-hybridized carbons (Fsp3) is 0.185. The Kier molecular flexibility index (Phi) is 5.82. The quantitative estimate of drug-likeness (QED) is 0.552. The number of carbonyl (C=O) groups is 2. The molecule has 5 heteroatoms. The average molecular weight is 428 g/mol. The fourth-order valence-corrected chi connectivity index (χ4v) is 4.47. The van der Waals surface area contributed by atoms with Crippen LogP contribution in [-0.4, -0.2) is 26.2 Å². The Bertz CT molecular complexity index is 1140. The van der Waals surface area contributed by atoms with Gasteiger partial charge in [0, 0.05) is 11.6 Å². The Morgan fingerprint density at radius 3 is 1.97 bits per heavy atom. The van der Waals surface area contributed by atoms with Crippen molar-refractivity contribution in [1.29, 1.82) is 0 Å². The van der Waals surface area contributed by atoms with Crippen molar-refractivity contribution in [2.24, 2.45) is 0 Å². The molecule has 4 rings (SSSR count). The van der Waals surface area contributed by atoms with Gasteiger partial charge in [-0.1, -0.05) is 78.4 Å².